The Balaban J connectivity index is 1.66. The summed E-state index contributed by atoms with van der Waals surface area (Å²) in [6.45, 7) is 1.75. The zero-order chi connectivity index (χ0) is 24.1. The molecule has 0 spiro atoms. The van der Waals surface area contributed by atoms with Crippen LogP contribution < -0.4 is 9.64 Å². The normalized spacial score (nSPS) is 16.1. The summed E-state index contributed by atoms with van der Waals surface area (Å²) in [4.78, 5) is 28.2. The second kappa shape index (κ2) is 8.38. The van der Waals surface area contributed by atoms with E-state index in [9.17, 15) is 14.7 Å². The number of aliphatic hydroxyl groups is 1. The first-order valence-electron chi connectivity index (χ1n) is 10.2. The van der Waals surface area contributed by atoms with Gasteiger partial charge in [-0.1, -0.05) is 33.6 Å². The maximum atomic E-state index is 13.7. The van der Waals surface area contributed by atoms with E-state index in [4.69, 9.17) is 25.2 Å². The first-order valence-corrected chi connectivity index (χ1v) is 11.4. The average Bonchev–Trinajstić information content (AvgIpc) is 3.49. The number of benzene rings is 2. The zero-order valence-electron chi connectivity index (χ0n) is 18.0. The van der Waals surface area contributed by atoms with Crippen molar-refractivity contribution in [2.45, 2.75) is 13.0 Å². The number of hydrogen-bond acceptors (Lipinski definition) is 6. The fourth-order valence-electron chi connectivity index (χ4n) is 4.08. The number of carbonyl (C=O) groups is 2. The third-order valence-corrected chi connectivity index (χ3v) is 6.27. The van der Waals surface area contributed by atoms with E-state index in [-0.39, 0.29) is 11.3 Å². The molecule has 1 aliphatic rings. The highest BCUT2D eigenvalue weighted by molar-refractivity contribution is 9.10. The largest absolute Gasteiger partial charge is 0.503 e. The van der Waals surface area contributed by atoms with Gasteiger partial charge in [-0.05, 0) is 49.4 Å². The smallest absolute Gasteiger partial charge is 0.294 e. The topological polar surface area (TPSA) is 93.1 Å². The van der Waals surface area contributed by atoms with Gasteiger partial charge in [0.1, 0.15) is 17.6 Å². The third-order valence-electron chi connectivity index (χ3n) is 5.56. The van der Waals surface area contributed by atoms with E-state index < -0.39 is 23.5 Å². The maximum Gasteiger partial charge on any atom is 0.294 e. The fourth-order valence-corrected chi connectivity index (χ4v) is 4.68. The quantitative estimate of drug-likeness (QED) is 0.288. The maximum absolute atomic E-state index is 13.7. The lowest BCUT2D eigenvalue weighted by Gasteiger charge is -2.25. The highest BCUT2D eigenvalue weighted by atomic mass is 79.9. The van der Waals surface area contributed by atoms with Crippen molar-refractivity contribution in [2.24, 2.45) is 0 Å². The predicted molar refractivity (Wildman–Crippen MR) is 130 cm³/mol. The SMILES string of the molecule is COc1cc(Cl)cc2cc(C(=O)C3=C(O)C(=O)N(c4cccc(Br)c4)C3c3ccc(C)o3)oc12. The molecule has 34 heavy (non-hydrogen) atoms. The van der Waals surface area contributed by atoms with Crippen molar-refractivity contribution >= 4 is 55.9 Å². The summed E-state index contributed by atoms with van der Waals surface area (Å²) >= 11 is 9.54. The predicted octanol–water partition coefficient (Wildman–Crippen LogP) is 6.54. The minimum absolute atomic E-state index is 0.0747. The van der Waals surface area contributed by atoms with E-state index >= 15 is 0 Å². The van der Waals surface area contributed by atoms with Crippen molar-refractivity contribution in [3.63, 3.8) is 0 Å². The number of rotatable bonds is 5. The number of aryl methyl sites for hydroxylation is 1. The molecule has 0 aliphatic carbocycles. The number of nitrogens with zero attached hydrogens (tertiary/aromatic N) is 1. The van der Waals surface area contributed by atoms with Crippen LogP contribution in [0.1, 0.15) is 28.1 Å². The molecule has 0 radical (unpaired) electrons. The van der Waals surface area contributed by atoms with Gasteiger partial charge in [0.2, 0.25) is 5.78 Å². The first-order chi connectivity index (χ1) is 16.3. The van der Waals surface area contributed by atoms with Crippen LogP contribution in [0.15, 0.2) is 79.2 Å². The third kappa shape index (κ3) is 3.59. The Labute approximate surface area is 207 Å². The molecule has 1 amide bonds. The Hall–Kier alpha value is -3.49. The van der Waals surface area contributed by atoms with Crippen molar-refractivity contribution in [2.75, 3.05) is 12.0 Å². The van der Waals surface area contributed by atoms with Gasteiger partial charge in [-0.2, -0.15) is 0 Å². The van der Waals surface area contributed by atoms with E-state index in [1.807, 2.05) is 6.07 Å². The summed E-state index contributed by atoms with van der Waals surface area (Å²) in [6, 6.07) is 14.1. The van der Waals surface area contributed by atoms with Gasteiger partial charge in [0.15, 0.2) is 22.9 Å². The Kier molecular flexibility index (Phi) is 5.50. The van der Waals surface area contributed by atoms with E-state index in [2.05, 4.69) is 15.9 Å². The van der Waals surface area contributed by atoms with Crippen molar-refractivity contribution in [1.29, 1.82) is 0 Å². The number of hydrogen-bond donors (Lipinski definition) is 1. The monoisotopic (exact) mass is 541 g/mol. The molecule has 0 bridgehead atoms. The second-order valence-corrected chi connectivity index (χ2v) is 9.09. The molecule has 1 N–H and O–H groups in total. The number of amides is 1. The molecule has 0 fully saturated rings. The standard InChI is InChI=1S/C25H17BrClNO6/c1-12-6-7-17(33-12)21-20(23(30)25(31)28(21)16-5-3-4-14(26)10-16)22(29)18-9-13-8-15(27)11-19(32-2)24(13)34-18/h3-11,21,30H,1-2H3. The van der Waals surface area contributed by atoms with Crippen LogP contribution in [0.3, 0.4) is 0 Å². The van der Waals surface area contributed by atoms with Gasteiger partial charge in [0.25, 0.3) is 5.91 Å². The Morgan fingerprint density at radius 1 is 1.15 bits per heavy atom. The minimum atomic E-state index is -0.998. The lowest BCUT2D eigenvalue weighted by atomic mass is 9.99. The summed E-state index contributed by atoms with van der Waals surface area (Å²) < 4.78 is 17.6. The van der Waals surface area contributed by atoms with Crippen molar-refractivity contribution in [3.8, 4) is 5.75 Å². The first kappa shape index (κ1) is 22.3. The van der Waals surface area contributed by atoms with Crippen LogP contribution >= 0.6 is 27.5 Å². The van der Waals surface area contributed by atoms with Crippen LogP contribution in [0.4, 0.5) is 5.69 Å². The number of ketones is 1. The summed E-state index contributed by atoms with van der Waals surface area (Å²) in [5.41, 5.74) is 0.656. The Morgan fingerprint density at radius 2 is 1.94 bits per heavy atom. The number of anilines is 1. The molecule has 0 saturated heterocycles. The Morgan fingerprint density at radius 3 is 2.62 bits per heavy atom. The fraction of sp³-hybridized carbons (Fsp3) is 0.120. The van der Waals surface area contributed by atoms with Gasteiger partial charge >= 0.3 is 0 Å². The van der Waals surface area contributed by atoms with Crippen LogP contribution in [0.25, 0.3) is 11.0 Å². The molecule has 5 rings (SSSR count). The summed E-state index contributed by atoms with van der Waals surface area (Å²) in [7, 11) is 1.46. The van der Waals surface area contributed by atoms with Gasteiger partial charge < -0.3 is 18.7 Å². The van der Waals surface area contributed by atoms with Crippen molar-refractivity contribution < 1.29 is 28.3 Å². The molecule has 2 aromatic heterocycles. The number of Topliss-reactive ketones (excluding diaryl/α,β-unsaturated/α-hetero) is 1. The Bertz CT molecular complexity index is 1500. The van der Waals surface area contributed by atoms with E-state index in [0.717, 1.165) is 4.47 Å². The van der Waals surface area contributed by atoms with Gasteiger partial charge in [0.05, 0.1) is 12.7 Å². The highest BCUT2D eigenvalue weighted by Crippen LogP contribution is 2.43. The molecular formula is C25H17BrClNO6. The number of aliphatic hydroxyl groups excluding tert-OH is 1. The average molecular weight is 543 g/mol. The van der Waals surface area contributed by atoms with Crippen LogP contribution in [0, 0.1) is 6.92 Å². The molecule has 3 heterocycles. The number of fused-ring (bicyclic) bond motifs is 1. The lowest BCUT2D eigenvalue weighted by molar-refractivity contribution is -0.117. The van der Waals surface area contributed by atoms with Gasteiger partial charge in [0, 0.05) is 26.6 Å². The van der Waals surface area contributed by atoms with Crippen LogP contribution in [0.5, 0.6) is 5.75 Å². The molecule has 4 aromatic rings. The molecule has 1 unspecified atom stereocenters. The summed E-state index contributed by atoms with van der Waals surface area (Å²) in [5, 5.41) is 11.8. The number of ether oxygens (including phenoxy) is 1. The molecule has 9 heteroatoms. The molecule has 172 valence electrons. The number of methoxy groups -OCH3 is 1. The van der Waals surface area contributed by atoms with E-state index in [0.29, 0.717) is 38.9 Å². The van der Waals surface area contributed by atoms with Crippen LogP contribution in [-0.2, 0) is 4.79 Å². The molecular weight excluding hydrogens is 526 g/mol. The minimum Gasteiger partial charge on any atom is -0.503 e. The molecule has 1 aliphatic heterocycles. The van der Waals surface area contributed by atoms with Crippen LogP contribution in [0.2, 0.25) is 5.02 Å². The van der Waals surface area contributed by atoms with E-state index in [1.54, 1.807) is 49.4 Å². The van der Waals surface area contributed by atoms with Crippen LogP contribution in [-0.4, -0.2) is 23.9 Å². The van der Waals surface area contributed by atoms with Gasteiger partial charge in [-0.3, -0.25) is 14.5 Å². The van der Waals surface area contributed by atoms with Crippen molar-refractivity contribution in [3.05, 3.63) is 92.7 Å². The molecule has 2 aromatic carbocycles. The summed E-state index contributed by atoms with van der Waals surface area (Å²) in [6.07, 6.45) is 0. The van der Waals surface area contributed by atoms with Crippen molar-refractivity contribution in [1.82, 2.24) is 0 Å². The highest BCUT2D eigenvalue weighted by Gasteiger charge is 2.47. The number of furan rings is 2. The zero-order valence-corrected chi connectivity index (χ0v) is 20.3. The molecule has 1 atom stereocenters. The summed E-state index contributed by atoms with van der Waals surface area (Å²) in [5.74, 6) is -0.845. The van der Waals surface area contributed by atoms with E-state index in [1.165, 1.54) is 18.1 Å². The number of carbonyl (C=O) groups excluding carboxylic acids is 2. The van der Waals surface area contributed by atoms with Gasteiger partial charge in [-0.25, -0.2) is 0 Å². The molecule has 7 nitrogen and oxygen atoms in total. The van der Waals surface area contributed by atoms with Gasteiger partial charge in [-0.15, -0.1) is 0 Å². The second-order valence-electron chi connectivity index (χ2n) is 7.73. The lowest BCUT2D eigenvalue weighted by Crippen LogP contribution is -2.30. The molecule has 0 saturated carbocycles. The number of halogens is 2.